The lowest BCUT2D eigenvalue weighted by Gasteiger charge is -2.39. The quantitative estimate of drug-likeness (QED) is 0.151. The minimum absolute atomic E-state index is 0.0160. The Labute approximate surface area is 257 Å². The van der Waals surface area contributed by atoms with Gasteiger partial charge in [-0.25, -0.2) is 8.42 Å². The van der Waals surface area contributed by atoms with E-state index in [0.29, 0.717) is 36.6 Å². The van der Waals surface area contributed by atoms with Gasteiger partial charge in [-0.2, -0.15) is 8.78 Å². The van der Waals surface area contributed by atoms with Crippen molar-refractivity contribution in [1.29, 1.82) is 0 Å². The summed E-state index contributed by atoms with van der Waals surface area (Å²) < 4.78 is 75.0. The summed E-state index contributed by atoms with van der Waals surface area (Å²) in [6.07, 6.45) is 16.5. The van der Waals surface area contributed by atoms with E-state index >= 15 is 0 Å². The SMILES string of the molecule is CCC(=CC1=[N+](CCOS(=O)O)C2CC(Cl)CCC2O1)C=C1OC2CCC(C3CCCCC3)CC2N1CCS(=O)(=O)[O-]. The number of hydrogen-bond acceptors (Lipinski definition) is 8. The van der Waals surface area contributed by atoms with Crippen LogP contribution in [0.5, 0.6) is 0 Å². The molecule has 7 atom stereocenters. The van der Waals surface area contributed by atoms with E-state index in [9.17, 15) is 17.2 Å². The van der Waals surface area contributed by atoms with E-state index < -0.39 is 27.2 Å². The molecule has 3 aliphatic carbocycles. The van der Waals surface area contributed by atoms with Crippen molar-refractivity contribution in [3.63, 3.8) is 0 Å². The lowest BCUT2D eigenvalue weighted by atomic mass is 9.71. The predicted octanol–water partition coefficient (Wildman–Crippen LogP) is 4.28. The Hall–Kier alpha value is -1.18. The van der Waals surface area contributed by atoms with E-state index in [0.717, 1.165) is 44.1 Å². The van der Waals surface area contributed by atoms with Gasteiger partial charge in [0.1, 0.15) is 12.7 Å². The zero-order valence-corrected chi connectivity index (χ0v) is 26.8. The van der Waals surface area contributed by atoms with Crippen molar-refractivity contribution < 1.29 is 40.0 Å². The summed E-state index contributed by atoms with van der Waals surface area (Å²) in [7, 11) is -4.38. The van der Waals surface area contributed by atoms with E-state index in [1.165, 1.54) is 32.1 Å². The second-order valence-corrected chi connectivity index (χ2v) is 15.2. The molecule has 1 saturated heterocycles. The van der Waals surface area contributed by atoms with Gasteiger partial charge in [-0.3, -0.25) is 8.74 Å². The largest absolute Gasteiger partial charge is 0.748 e. The Balaban J connectivity index is 1.40. The summed E-state index contributed by atoms with van der Waals surface area (Å²) >= 11 is 4.16. The van der Waals surface area contributed by atoms with Gasteiger partial charge in [0.15, 0.2) is 24.6 Å². The van der Waals surface area contributed by atoms with Gasteiger partial charge in [-0.1, -0.05) is 39.0 Å². The van der Waals surface area contributed by atoms with Crippen LogP contribution >= 0.6 is 11.6 Å². The number of rotatable bonds is 11. The maximum atomic E-state index is 11.7. The van der Waals surface area contributed by atoms with E-state index in [-0.39, 0.29) is 42.8 Å². The molecule has 7 unspecified atom stereocenters. The molecule has 0 amide bonds. The molecule has 3 saturated carbocycles. The van der Waals surface area contributed by atoms with Gasteiger partial charge >= 0.3 is 17.3 Å². The summed E-state index contributed by atoms with van der Waals surface area (Å²) in [5.74, 6) is 2.14. The number of ether oxygens (including phenoxy) is 2. The molecule has 0 aromatic heterocycles. The first kappa shape index (κ1) is 32.2. The lowest BCUT2D eigenvalue weighted by Crippen LogP contribution is -2.43. The summed E-state index contributed by atoms with van der Waals surface area (Å²) in [6, 6.07) is 0.110. The summed E-state index contributed by atoms with van der Waals surface area (Å²) in [5.41, 5.74) is 0.940. The third-order valence-electron chi connectivity index (χ3n) is 9.84. The molecule has 10 nitrogen and oxygen atoms in total. The second-order valence-electron chi connectivity index (χ2n) is 12.4. The number of nitrogens with zero attached hydrogens (tertiary/aromatic N) is 2. The first-order chi connectivity index (χ1) is 20.1. The molecule has 5 aliphatic rings. The number of allylic oxidation sites excluding steroid dienone is 2. The molecule has 0 aromatic rings. The maximum absolute atomic E-state index is 11.7. The Morgan fingerprint density at radius 1 is 1.12 bits per heavy atom. The van der Waals surface area contributed by atoms with Crippen LogP contribution in [0.15, 0.2) is 23.6 Å². The van der Waals surface area contributed by atoms with Gasteiger partial charge in [0.25, 0.3) is 0 Å². The predicted molar refractivity (Wildman–Crippen MR) is 159 cm³/mol. The smallest absolute Gasteiger partial charge is 0.363 e. The highest BCUT2D eigenvalue weighted by Gasteiger charge is 2.47. The van der Waals surface area contributed by atoms with Gasteiger partial charge in [0.2, 0.25) is 0 Å². The topological polar surface area (TPSA) is 128 Å². The third-order valence-corrected chi connectivity index (χ3v) is 11.3. The Morgan fingerprint density at radius 3 is 2.60 bits per heavy atom. The van der Waals surface area contributed by atoms with Crippen LogP contribution < -0.4 is 0 Å². The third kappa shape index (κ3) is 8.10. The first-order valence-electron chi connectivity index (χ1n) is 15.6. The normalized spacial score (nSPS) is 34.2. The van der Waals surface area contributed by atoms with Crippen LogP contribution in [-0.4, -0.2) is 92.2 Å². The summed E-state index contributed by atoms with van der Waals surface area (Å²) in [5, 5.41) is 0.0415. The van der Waals surface area contributed by atoms with Gasteiger partial charge in [-0.15, -0.1) is 11.6 Å². The van der Waals surface area contributed by atoms with Crippen molar-refractivity contribution in [1.82, 2.24) is 4.90 Å². The van der Waals surface area contributed by atoms with Crippen LogP contribution in [0.4, 0.5) is 0 Å². The molecule has 2 heterocycles. The number of fused-ring (bicyclic) bond motifs is 2. The fourth-order valence-corrected chi connectivity index (χ4v) is 8.67. The van der Waals surface area contributed by atoms with E-state index in [4.69, 9.17) is 29.8 Å². The summed E-state index contributed by atoms with van der Waals surface area (Å²) in [4.78, 5) is 2.03. The van der Waals surface area contributed by atoms with Crippen molar-refractivity contribution in [2.24, 2.45) is 11.8 Å². The fourth-order valence-electron chi connectivity index (χ4n) is 7.72. The van der Waals surface area contributed by atoms with Crippen molar-refractivity contribution >= 4 is 39.0 Å². The minimum Gasteiger partial charge on any atom is -0.748 e. The standard InChI is InChI=1S/C29H45ClN2O8S2/c1-2-20(16-28-31(12-14-38-41(33)34)25-19-23(30)9-11-27(25)40-28)17-29-32(13-15-42(35,36)37)24-18-22(8-10-26(24)39-29)21-6-4-3-5-7-21/h16-17,21-27H,2-15,18-19H2,1H3,(H-,33,34,35,36,37). The van der Waals surface area contributed by atoms with Crippen molar-refractivity contribution in [2.75, 3.05) is 25.4 Å². The monoisotopic (exact) mass is 648 g/mol. The molecule has 0 aromatic carbocycles. The maximum Gasteiger partial charge on any atom is 0.363 e. The second kappa shape index (κ2) is 14.3. The molecular formula is C29H45ClN2O8S2. The average molecular weight is 649 g/mol. The van der Waals surface area contributed by atoms with Crippen LogP contribution in [0.1, 0.15) is 84.0 Å². The van der Waals surface area contributed by atoms with Crippen molar-refractivity contribution in [2.45, 2.75) is 114 Å². The molecule has 13 heteroatoms. The van der Waals surface area contributed by atoms with E-state index in [2.05, 4.69) is 4.58 Å². The molecular weight excluding hydrogens is 604 g/mol. The van der Waals surface area contributed by atoms with Crippen LogP contribution in [0, 0.1) is 11.8 Å². The molecule has 0 bridgehead atoms. The van der Waals surface area contributed by atoms with Crippen molar-refractivity contribution in [3.05, 3.63) is 23.6 Å². The van der Waals surface area contributed by atoms with Crippen LogP contribution in [-0.2, 0) is 35.1 Å². The Bertz CT molecular complexity index is 1190. The van der Waals surface area contributed by atoms with E-state index in [1.54, 1.807) is 0 Å². The fraction of sp³-hybridized carbons (Fsp3) is 0.828. The number of halogens is 1. The van der Waals surface area contributed by atoms with Gasteiger partial charge in [0, 0.05) is 24.4 Å². The van der Waals surface area contributed by atoms with E-state index in [1.807, 2.05) is 24.0 Å². The average Bonchev–Trinajstić information content (AvgIpc) is 3.47. The van der Waals surface area contributed by atoms with Crippen LogP contribution in [0.2, 0.25) is 0 Å². The van der Waals surface area contributed by atoms with Crippen LogP contribution in [0.3, 0.4) is 0 Å². The molecule has 238 valence electrons. The number of hydrogen-bond donors (Lipinski definition) is 1. The van der Waals surface area contributed by atoms with Crippen LogP contribution in [0.25, 0.3) is 0 Å². The van der Waals surface area contributed by atoms with Gasteiger partial charge in [-0.05, 0) is 55.9 Å². The van der Waals surface area contributed by atoms with Crippen molar-refractivity contribution in [3.8, 4) is 0 Å². The summed E-state index contributed by atoms with van der Waals surface area (Å²) in [6.45, 7) is 2.60. The molecule has 42 heavy (non-hydrogen) atoms. The molecule has 0 spiro atoms. The molecule has 5 rings (SSSR count). The lowest BCUT2D eigenvalue weighted by molar-refractivity contribution is -0.562. The van der Waals surface area contributed by atoms with Gasteiger partial charge in [0.05, 0.1) is 28.0 Å². The minimum atomic E-state index is -4.38. The number of alkyl halides is 1. The highest BCUT2D eigenvalue weighted by Crippen LogP contribution is 2.44. The van der Waals surface area contributed by atoms with Gasteiger partial charge < -0.3 is 18.9 Å². The zero-order valence-electron chi connectivity index (χ0n) is 24.4. The Kier molecular flexibility index (Phi) is 11.0. The molecule has 2 aliphatic heterocycles. The Morgan fingerprint density at radius 2 is 1.88 bits per heavy atom. The first-order valence-corrected chi connectivity index (χ1v) is 18.6. The molecule has 0 radical (unpaired) electrons. The zero-order chi connectivity index (χ0) is 29.9. The highest BCUT2D eigenvalue weighted by molar-refractivity contribution is 7.85. The highest BCUT2D eigenvalue weighted by atomic mass is 35.5. The molecule has 1 N–H and O–H groups in total. The molecule has 4 fully saturated rings.